The molecule has 4 nitrogen and oxygen atoms in total. The Morgan fingerprint density at radius 3 is 2.27 bits per heavy atom. The van der Waals surface area contributed by atoms with Crippen molar-refractivity contribution in [1.29, 1.82) is 0 Å². The molecule has 1 aliphatic rings. The predicted molar refractivity (Wildman–Crippen MR) is 126 cm³/mol. The molecule has 0 aliphatic carbocycles. The molecule has 0 bridgehead atoms. The van der Waals surface area contributed by atoms with E-state index in [1.54, 1.807) is 6.20 Å². The second-order valence-electron chi connectivity index (χ2n) is 7.92. The molecule has 1 saturated heterocycles. The van der Waals surface area contributed by atoms with Gasteiger partial charge >= 0.3 is 0 Å². The highest BCUT2D eigenvalue weighted by atomic mass is 35.5. The summed E-state index contributed by atoms with van der Waals surface area (Å²) in [5.74, 6) is 0. The van der Waals surface area contributed by atoms with Crippen LogP contribution in [0.4, 0.5) is 5.69 Å². The maximum atomic E-state index is 6.68. The number of anilines is 1. The lowest BCUT2D eigenvalue weighted by atomic mass is 9.98. The standard InChI is InChI=1S/C25H25ClN4/c1-17-3-5-18(6-4-17)22-23-21(26)11-12-28-25(23)29(2)24(22)19-7-9-20(10-8-19)30-15-13-27-14-16-30/h3-12,27H,13-16H2,1-2H3. The van der Waals surface area contributed by atoms with Gasteiger partial charge in [-0.05, 0) is 36.2 Å². The highest BCUT2D eigenvalue weighted by Crippen LogP contribution is 2.42. The first-order valence-corrected chi connectivity index (χ1v) is 10.8. The second kappa shape index (κ2) is 7.78. The fourth-order valence-corrected chi connectivity index (χ4v) is 4.63. The van der Waals surface area contributed by atoms with Crippen LogP contribution in [0.1, 0.15) is 5.56 Å². The first-order chi connectivity index (χ1) is 14.6. The molecule has 0 atom stereocenters. The molecule has 0 saturated carbocycles. The third-order valence-electron chi connectivity index (χ3n) is 5.98. The monoisotopic (exact) mass is 416 g/mol. The van der Waals surface area contributed by atoms with Gasteiger partial charge in [0.15, 0.2) is 0 Å². The molecule has 4 aromatic rings. The van der Waals surface area contributed by atoms with Crippen LogP contribution in [0, 0.1) is 6.92 Å². The summed E-state index contributed by atoms with van der Waals surface area (Å²) in [5.41, 5.74) is 8.02. The number of piperazine rings is 1. The fraction of sp³-hybridized carbons (Fsp3) is 0.240. The summed E-state index contributed by atoms with van der Waals surface area (Å²) in [7, 11) is 2.07. The van der Waals surface area contributed by atoms with E-state index >= 15 is 0 Å². The van der Waals surface area contributed by atoms with Crippen LogP contribution < -0.4 is 10.2 Å². The van der Waals surface area contributed by atoms with Crippen molar-refractivity contribution in [1.82, 2.24) is 14.9 Å². The Labute approximate surface area is 182 Å². The second-order valence-corrected chi connectivity index (χ2v) is 8.33. The van der Waals surface area contributed by atoms with Gasteiger partial charge < -0.3 is 14.8 Å². The lowest BCUT2D eigenvalue weighted by molar-refractivity contribution is 0.589. The number of rotatable bonds is 3. The van der Waals surface area contributed by atoms with E-state index in [-0.39, 0.29) is 0 Å². The summed E-state index contributed by atoms with van der Waals surface area (Å²) < 4.78 is 2.16. The summed E-state index contributed by atoms with van der Waals surface area (Å²) in [6.45, 7) is 6.26. The molecule has 0 radical (unpaired) electrons. The summed E-state index contributed by atoms with van der Waals surface area (Å²) in [4.78, 5) is 7.08. The van der Waals surface area contributed by atoms with Crippen molar-refractivity contribution in [3.63, 3.8) is 0 Å². The van der Waals surface area contributed by atoms with Crippen molar-refractivity contribution in [2.45, 2.75) is 6.92 Å². The Kier molecular flexibility index (Phi) is 4.97. The highest BCUT2D eigenvalue weighted by Gasteiger charge is 2.21. The Bertz CT molecular complexity index is 1190. The topological polar surface area (TPSA) is 33.1 Å². The molecule has 152 valence electrons. The molecule has 0 spiro atoms. The van der Waals surface area contributed by atoms with Crippen molar-refractivity contribution >= 4 is 28.3 Å². The zero-order valence-electron chi connectivity index (χ0n) is 17.3. The maximum absolute atomic E-state index is 6.68. The summed E-state index contributed by atoms with van der Waals surface area (Å²) in [5, 5.41) is 5.15. The zero-order valence-corrected chi connectivity index (χ0v) is 18.1. The van der Waals surface area contributed by atoms with Crippen LogP contribution in [-0.2, 0) is 7.05 Å². The number of pyridine rings is 1. The summed E-state index contributed by atoms with van der Waals surface area (Å²) >= 11 is 6.68. The number of hydrogen-bond donors (Lipinski definition) is 1. The number of fused-ring (bicyclic) bond motifs is 1. The van der Waals surface area contributed by atoms with Gasteiger partial charge in [0.05, 0.1) is 10.7 Å². The number of halogens is 1. The van der Waals surface area contributed by atoms with E-state index < -0.39 is 0 Å². The van der Waals surface area contributed by atoms with Gasteiger partial charge in [-0.2, -0.15) is 0 Å². The van der Waals surface area contributed by atoms with Crippen LogP contribution in [-0.4, -0.2) is 35.7 Å². The predicted octanol–water partition coefficient (Wildman–Crippen LogP) is 5.28. The molecule has 1 N–H and O–H groups in total. The van der Waals surface area contributed by atoms with Crippen molar-refractivity contribution in [2.75, 3.05) is 31.1 Å². The van der Waals surface area contributed by atoms with Crippen LogP contribution in [0.5, 0.6) is 0 Å². The molecule has 1 fully saturated rings. The minimum absolute atomic E-state index is 0.731. The molecule has 2 aromatic carbocycles. The molecular weight excluding hydrogens is 392 g/mol. The van der Waals surface area contributed by atoms with E-state index in [2.05, 4.69) is 82.3 Å². The van der Waals surface area contributed by atoms with Crippen molar-refractivity contribution in [3.8, 4) is 22.4 Å². The molecule has 0 amide bonds. The average Bonchev–Trinajstić information content (AvgIpc) is 3.09. The van der Waals surface area contributed by atoms with E-state index in [0.29, 0.717) is 0 Å². The van der Waals surface area contributed by atoms with Gasteiger partial charge in [0.1, 0.15) is 5.65 Å². The Morgan fingerprint density at radius 2 is 1.57 bits per heavy atom. The maximum Gasteiger partial charge on any atom is 0.142 e. The molecule has 2 aromatic heterocycles. The van der Waals surface area contributed by atoms with Crippen LogP contribution in [0.2, 0.25) is 5.02 Å². The zero-order chi connectivity index (χ0) is 20.7. The fourth-order valence-electron chi connectivity index (χ4n) is 4.40. The van der Waals surface area contributed by atoms with E-state index in [4.69, 9.17) is 11.6 Å². The quantitative estimate of drug-likeness (QED) is 0.493. The molecule has 1 aliphatic heterocycles. The van der Waals surface area contributed by atoms with Gasteiger partial charge in [-0.25, -0.2) is 4.98 Å². The Morgan fingerprint density at radius 1 is 0.900 bits per heavy atom. The third kappa shape index (κ3) is 3.26. The molecule has 5 rings (SSSR count). The molecule has 5 heteroatoms. The van der Waals surface area contributed by atoms with Crippen LogP contribution in [0.15, 0.2) is 60.8 Å². The smallest absolute Gasteiger partial charge is 0.142 e. The lowest BCUT2D eigenvalue weighted by Gasteiger charge is -2.29. The van der Waals surface area contributed by atoms with Crippen LogP contribution in [0.3, 0.4) is 0 Å². The van der Waals surface area contributed by atoms with Crippen molar-refractivity contribution in [3.05, 3.63) is 71.4 Å². The number of benzene rings is 2. The summed E-state index contributed by atoms with van der Waals surface area (Å²) in [6.07, 6.45) is 1.78. The van der Waals surface area contributed by atoms with Crippen LogP contribution in [0.25, 0.3) is 33.4 Å². The average molecular weight is 417 g/mol. The number of hydrogen-bond acceptors (Lipinski definition) is 3. The number of aryl methyl sites for hydroxylation is 2. The minimum Gasteiger partial charge on any atom is -0.369 e. The molecule has 0 unspecified atom stereocenters. The first kappa shape index (κ1) is 19.2. The van der Waals surface area contributed by atoms with E-state index in [1.165, 1.54) is 16.8 Å². The van der Waals surface area contributed by atoms with Crippen LogP contribution >= 0.6 is 11.6 Å². The first-order valence-electron chi connectivity index (χ1n) is 10.4. The largest absolute Gasteiger partial charge is 0.369 e. The molecule has 3 heterocycles. The molecular formula is C25H25ClN4. The lowest BCUT2D eigenvalue weighted by Crippen LogP contribution is -2.43. The van der Waals surface area contributed by atoms with E-state index in [9.17, 15) is 0 Å². The van der Waals surface area contributed by atoms with Gasteiger partial charge in [0.25, 0.3) is 0 Å². The van der Waals surface area contributed by atoms with Gasteiger partial charge in [-0.3, -0.25) is 0 Å². The van der Waals surface area contributed by atoms with Crippen molar-refractivity contribution in [2.24, 2.45) is 7.05 Å². The van der Waals surface area contributed by atoms with E-state index in [1.807, 2.05) is 6.07 Å². The highest BCUT2D eigenvalue weighted by molar-refractivity contribution is 6.37. The van der Waals surface area contributed by atoms with Crippen molar-refractivity contribution < 1.29 is 0 Å². The van der Waals surface area contributed by atoms with E-state index in [0.717, 1.165) is 59.1 Å². The van der Waals surface area contributed by atoms with Gasteiger partial charge in [-0.15, -0.1) is 0 Å². The minimum atomic E-state index is 0.731. The SMILES string of the molecule is Cc1ccc(-c2c(-c3ccc(N4CCNCC4)cc3)n(C)c3nccc(Cl)c23)cc1. The normalized spacial score (nSPS) is 14.4. The van der Waals surface area contributed by atoms with Gasteiger partial charge in [0.2, 0.25) is 0 Å². The third-order valence-corrected chi connectivity index (χ3v) is 6.30. The number of aromatic nitrogens is 2. The Hall–Kier alpha value is -2.82. The van der Waals surface area contributed by atoms with Gasteiger partial charge in [0, 0.05) is 56.1 Å². The Balaban J connectivity index is 1.68. The number of nitrogens with one attached hydrogen (secondary N) is 1. The number of nitrogens with zero attached hydrogens (tertiary/aromatic N) is 3. The molecule has 30 heavy (non-hydrogen) atoms. The van der Waals surface area contributed by atoms with Gasteiger partial charge in [-0.1, -0.05) is 53.6 Å². The summed E-state index contributed by atoms with van der Waals surface area (Å²) in [6, 6.07) is 19.4.